The maximum atomic E-state index is 4.84. The van der Waals surface area contributed by atoms with Crippen molar-refractivity contribution in [1.82, 2.24) is 4.98 Å². The Labute approximate surface area is 47.9 Å². The van der Waals surface area contributed by atoms with Crippen molar-refractivity contribution >= 4 is 0 Å². The number of allylic oxidation sites excluding steroid dienone is 1. The van der Waals surface area contributed by atoms with Gasteiger partial charge in [0.1, 0.15) is 6.26 Å². The zero-order chi connectivity index (χ0) is 5.82. The number of aromatic nitrogens is 1. The second kappa shape index (κ2) is 2.31. The SMILES string of the molecule is C=C[CH]c1ncco1. The van der Waals surface area contributed by atoms with Crippen molar-refractivity contribution in [3.8, 4) is 0 Å². The van der Waals surface area contributed by atoms with Gasteiger partial charge < -0.3 is 4.42 Å². The topological polar surface area (TPSA) is 26.0 Å². The van der Waals surface area contributed by atoms with Gasteiger partial charge in [0.15, 0.2) is 0 Å². The first-order chi connectivity index (χ1) is 3.93. The van der Waals surface area contributed by atoms with Crippen LogP contribution in [0.15, 0.2) is 29.5 Å². The predicted octanol–water partition coefficient (Wildman–Crippen LogP) is 1.41. The standard InChI is InChI=1S/C6H6NO/c1-2-3-6-7-4-5-8-6/h2-5H,1H2. The fourth-order valence-electron chi connectivity index (χ4n) is 0.418. The van der Waals surface area contributed by atoms with Crippen LogP contribution in [0.5, 0.6) is 0 Å². The van der Waals surface area contributed by atoms with Gasteiger partial charge in [0.25, 0.3) is 0 Å². The molecule has 2 nitrogen and oxygen atoms in total. The van der Waals surface area contributed by atoms with Gasteiger partial charge in [-0.05, 0) is 0 Å². The van der Waals surface area contributed by atoms with Crippen molar-refractivity contribution in [3.05, 3.63) is 37.4 Å². The molecule has 0 aliphatic carbocycles. The summed E-state index contributed by atoms with van der Waals surface area (Å²) in [7, 11) is 0. The molecule has 1 rings (SSSR count). The highest BCUT2D eigenvalue weighted by Gasteiger charge is 1.89. The molecule has 1 aromatic rings. The number of nitrogens with zero attached hydrogens (tertiary/aromatic N) is 1. The van der Waals surface area contributed by atoms with Gasteiger partial charge in [-0.2, -0.15) is 0 Å². The van der Waals surface area contributed by atoms with E-state index in [1.54, 1.807) is 18.7 Å². The van der Waals surface area contributed by atoms with Crippen LogP contribution >= 0.6 is 0 Å². The van der Waals surface area contributed by atoms with Gasteiger partial charge in [-0.1, -0.05) is 6.08 Å². The minimum Gasteiger partial charge on any atom is -0.448 e. The molecule has 0 aromatic carbocycles. The van der Waals surface area contributed by atoms with Gasteiger partial charge in [0, 0.05) is 0 Å². The van der Waals surface area contributed by atoms with Crippen LogP contribution in [-0.2, 0) is 0 Å². The van der Waals surface area contributed by atoms with Crippen LogP contribution in [0.2, 0.25) is 0 Å². The summed E-state index contributed by atoms with van der Waals surface area (Å²) in [4.78, 5) is 3.81. The molecule has 41 valence electrons. The second-order valence-electron chi connectivity index (χ2n) is 1.27. The van der Waals surface area contributed by atoms with Crippen LogP contribution in [0.1, 0.15) is 5.89 Å². The maximum Gasteiger partial charge on any atom is 0.201 e. The lowest BCUT2D eigenvalue weighted by Gasteiger charge is -1.79. The third-order valence-electron chi connectivity index (χ3n) is 0.712. The van der Waals surface area contributed by atoms with Crippen molar-refractivity contribution in [3.63, 3.8) is 0 Å². The molecule has 2 heteroatoms. The molecule has 0 bridgehead atoms. The molecule has 0 aliphatic heterocycles. The molecule has 0 N–H and O–H groups in total. The number of oxazole rings is 1. The summed E-state index contributed by atoms with van der Waals surface area (Å²) in [5.74, 6) is 0.597. The van der Waals surface area contributed by atoms with Crippen molar-refractivity contribution in [2.75, 3.05) is 0 Å². The van der Waals surface area contributed by atoms with Crippen molar-refractivity contribution < 1.29 is 4.42 Å². The van der Waals surface area contributed by atoms with Crippen molar-refractivity contribution in [2.24, 2.45) is 0 Å². The zero-order valence-corrected chi connectivity index (χ0v) is 4.37. The Morgan fingerprint density at radius 1 is 1.75 bits per heavy atom. The van der Waals surface area contributed by atoms with Gasteiger partial charge in [0.05, 0.1) is 12.6 Å². The van der Waals surface area contributed by atoms with Crippen LogP contribution in [0.4, 0.5) is 0 Å². The molecule has 0 aliphatic rings. The lowest BCUT2D eigenvalue weighted by Crippen LogP contribution is -1.72. The first kappa shape index (κ1) is 5.09. The maximum absolute atomic E-state index is 4.84. The Kier molecular flexibility index (Phi) is 1.47. The molecule has 0 unspecified atom stereocenters. The smallest absolute Gasteiger partial charge is 0.201 e. The minimum absolute atomic E-state index is 0.597. The molecule has 0 saturated heterocycles. The summed E-state index contributed by atoms with van der Waals surface area (Å²) < 4.78 is 4.84. The summed E-state index contributed by atoms with van der Waals surface area (Å²) in [5, 5.41) is 0. The van der Waals surface area contributed by atoms with E-state index in [1.165, 1.54) is 6.26 Å². The Morgan fingerprint density at radius 3 is 3.12 bits per heavy atom. The molecule has 0 atom stereocenters. The summed E-state index contributed by atoms with van der Waals surface area (Å²) in [5.41, 5.74) is 0. The van der Waals surface area contributed by atoms with Crippen molar-refractivity contribution in [1.29, 1.82) is 0 Å². The number of rotatable bonds is 2. The minimum atomic E-state index is 0.597. The molecule has 0 fully saturated rings. The van der Waals surface area contributed by atoms with Crippen LogP contribution in [0.25, 0.3) is 0 Å². The average Bonchev–Trinajstić information content (AvgIpc) is 2.19. The van der Waals surface area contributed by atoms with E-state index in [4.69, 9.17) is 4.42 Å². The summed E-state index contributed by atoms with van der Waals surface area (Å²) >= 11 is 0. The largest absolute Gasteiger partial charge is 0.448 e. The highest BCUT2D eigenvalue weighted by Crippen LogP contribution is 1.96. The Hall–Kier alpha value is -1.05. The lowest BCUT2D eigenvalue weighted by atomic mass is 10.4. The normalized spacial score (nSPS) is 9.00. The van der Waals surface area contributed by atoms with E-state index in [0.717, 1.165) is 0 Å². The predicted molar refractivity (Wildman–Crippen MR) is 30.1 cm³/mol. The first-order valence-electron chi connectivity index (χ1n) is 2.29. The third-order valence-corrected chi connectivity index (χ3v) is 0.712. The van der Waals surface area contributed by atoms with Crippen LogP contribution in [-0.4, -0.2) is 4.98 Å². The number of hydrogen-bond acceptors (Lipinski definition) is 2. The van der Waals surface area contributed by atoms with E-state index < -0.39 is 0 Å². The lowest BCUT2D eigenvalue weighted by molar-refractivity contribution is 0.531. The van der Waals surface area contributed by atoms with E-state index in [0.29, 0.717) is 5.89 Å². The van der Waals surface area contributed by atoms with E-state index in [-0.39, 0.29) is 0 Å². The van der Waals surface area contributed by atoms with E-state index in [2.05, 4.69) is 11.6 Å². The van der Waals surface area contributed by atoms with Gasteiger partial charge in [-0.25, -0.2) is 4.98 Å². The van der Waals surface area contributed by atoms with Gasteiger partial charge in [0.2, 0.25) is 5.89 Å². The molecule has 1 heterocycles. The quantitative estimate of drug-likeness (QED) is 0.572. The number of hydrogen-bond donors (Lipinski definition) is 0. The third kappa shape index (κ3) is 0.964. The second-order valence-corrected chi connectivity index (χ2v) is 1.27. The summed E-state index contributed by atoms with van der Waals surface area (Å²) in [6, 6.07) is 0. The summed E-state index contributed by atoms with van der Waals surface area (Å²) in [6.45, 7) is 3.48. The monoisotopic (exact) mass is 108 g/mol. The van der Waals surface area contributed by atoms with Gasteiger partial charge >= 0.3 is 0 Å². The highest BCUT2D eigenvalue weighted by atomic mass is 16.3. The van der Waals surface area contributed by atoms with Gasteiger partial charge in [-0.15, -0.1) is 6.58 Å². The fourth-order valence-corrected chi connectivity index (χ4v) is 0.418. The molecule has 1 radical (unpaired) electrons. The molecule has 1 aromatic heterocycles. The summed E-state index contributed by atoms with van der Waals surface area (Å²) in [6.07, 6.45) is 6.44. The molecule has 0 spiro atoms. The van der Waals surface area contributed by atoms with E-state index in [9.17, 15) is 0 Å². The Bertz CT molecular complexity index is 155. The van der Waals surface area contributed by atoms with Gasteiger partial charge in [-0.3, -0.25) is 0 Å². The van der Waals surface area contributed by atoms with Crippen molar-refractivity contribution in [2.45, 2.75) is 0 Å². The average molecular weight is 108 g/mol. The molecular weight excluding hydrogens is 102 g/mol. The zero-order valence-electron chi connectivity index (χ0n) is 4.37. The first-order valence-corrected chi connectivity index (χ1v) is 2.29. The van der Waals surface area contributed by atoms with E-state index in [1.807, 2.05) is 0 Å². The van der Waals surface area contributed by atoms with E-state index >= 15 is 0 Å². The highest BCUT2D eigenvalue weighted by molar-refractivity contribution is 5.05. The van der Waals surface area contributed by atoms with Crippen LogP contribution in [0, 0.1) is 6.42 Å². The molecular formula is C6H6NO. The van der Waals surface area contributed by atoms with Crippen LogP contribution < -0.4 is 0 Å². The molecule has 0 amide bonds. The Morgan fingerprint density at radius 2 is 2.62 bits per heavy atom. The fraction of sp³-hybridized carbons (Fsp3) is 0. The van der Waals surface area contributed by atoms with Crippen LogP contribution in [0.3, 0.4) is 0 Å². The molecule has 0 saturated carbocycles. The molecule has 8 heavy (non-hydrogen) atoms. The Balaban J connectivity index is 2.62.